The monoisotopic (exact) mass is 412 g/mol. The zero-order valence-corrected chi connectivity index (χ0v) is 17.2. The fourth-order valence-corrected chi connectivity index (χ4v) is 3.64. The lowest BCUT2D eigenvalue weighted by molar-refractivity contribution is -0.137. The average Bonchev–Trinajstić information content (AvgIpc) is 2.70. The number of hydrogen-bond donors (Lipinski definition) is 1. The van der Waals surface area contributed by atoms with Gasteiger partial charge in [-0.15, -0.1) is 0 Å². The normalized spacial score (nSPS) is 16.5. The molecule has 4 nitrogen and oxygen atoms in total. The lowest BCUT2D eigenvalue weighted by Gasteiger charge is -2.32. The Balaban J connectivity index is 1.79. The molecule has 0 saturated carbocycles. The van der Waals surface area contributed by atoms with E-state index < -0.39 is 11.7 Å². The van der Waals surface area contributed by atoms with Crippen LogP contribution in [-0.2, 0) is 11.0 Å². The quantitative estimate of drug-likeness (QED) is 0.609. The van der Waals surface area contributed by atoms with Gasteiger partial charge >= 0.3 is 6.18 Å². The molecule has 1 aliphatic heterocycles. The highest BCUT2D eigenvalue weighted by Crippen LogP contribution is 2.29. The third kappa shape index (κ3) is 7.05. The van der Waals surface area contributed by atoms with Crippen molar-refractivity contribution in [2.24, 2.45) is 5.92 Å². The van der Waals surface area contributed by atoms with Gasteiger partial charge in [0.05, 0.1) is 5.56 Å². The maximum atomic E-state index is 12.7. The molecule has 1 heterocycles. The number of carbonyl (C=O) groups excluding carboxylic acids is 2. The van der Waals surface area contributed by atoms with Crippen LogP contribution in [0.2, 0.25) is 0 Å². The van der Waals surface area contributed by atoms with Crippen molar-refractivity contribution in [3.63, 3.8) is 0 Å². The Morgan fingerprint density at radius 2 is 1.72 bits per heavy atom. The molecule has 0 bridgehead atoms. The Bertz CT molecular complexity index is 666. The molecule has 1 saturated heterocycles. The van der Waals surface area contributed by atoms with E-state index in [1.807, 2.05) is 6.92 Å². The van der Waals surface area contributed by atoms with Crippen LogP contribution in [0.25, 0.3) is 0 Å². The fourth-order valence-electron chi connectivity index (χ4n) is 3.64. The standard InChI is InChI=1S/C22H31F3N2O2/c1-3-4-5-6-7-16(2)26-20(28)17-12-14-27(15-13-17)21(29)18-8-10-19(11-9-18)22(23,24)25/h8-11,16-17H,3-7,12-15H2,1-2H3,(H,26,28). The number of unbranched alkanes of at least 4 members (excludes halogenated alkanes) is 3. The number of piperidine rings is 1. The Labute approximate surface area is 170 Å². The van der Waals surface area contributed by atoms with Crippen molar-refractivity contribution in [3.8, 4) is 0 Å². The molecule has 7 heteroatoms. The lowest BCUT2D eigenvalue weighted by atomic mass is 9.94. The molecule has 29 heavy (non-hydrogen) atoms. The number of nitrogens with one attached hydrogen (secondary N) is 1. The number of rotatable bonds is 8. The fraction of sp³-hybridized carbons (Fsp3) is 0.636. The van der Waals surface area contributed by atoms with E-state index in [4.69, 9.17) is 0 Å². The molecule has 0 aliphatic carbocycles. The summed E-state index contributed by atoms with van der Waals surface area (Å²) < 4.78 is 38.0. The summed E-state index contributed by atoms with van der Waals surface area (Å²) in [4.78, 5) is 26.6. The van der Waals surface area contributed by atoms with Crippen molar-refractivity contribution >= 4 is 11.8 Å². The smallest absolute Gasteiger partial charge is 0.353 e. The second-order valence-corrected chi connectivity index (χ2v) is 7.90. The number of benzene rings is 1. The van der Waals surface area contributed by atoms with Crippen molar-refractivity contribution in [1.82, 2.24) is 10.2 Å². The van der Waals surface area contributed by atoms with Gasteiger partial charge in [0.1, 0.15) is 0 Å². The second kappa shape index (κ2) is 10.6. The number of amides is 2. The van der Waals surface area contributed by atoms with Crippen LogP contribution in [0.15, 0.2) is 24.3 Å². The molecular weight excluding hydrogens is 381 g/mol. The van der Waals surface area contributed by atoms with E-state index in [-0.39, 0.29) is 29.3 Å². The van der Waals surface area contributed by atoms with Gasteiger partial charge in [0.25, 0.3) is 5.91 Å². The minimum Gasteiger partial charge on any atom is -0.353 e. The number of alkyl halides is 3. The highest BCUT2D eigenvalue weighted by atomic mass is 19.4. The maximum Gasteiger partial charge on any atom is 0.416 e. The van der Waals surface area contributed by atoms with E-state index in [1.54, 1.807) is 4.90 Å². The van der Waals surface area contributed by atoms with Crippen LogP contribution in [0.1, 0.15) is 74.7 Å². The largest absolute Gasteiger partial charge is 0.416 e. The SMILES string of the molecule is CCCCCCC(C)NC(=O)C1CCN(C(=O)c2ccc(C(F)(F)F)cc2)CC1. The number of hydrogen-bond acceptors (Lipinski definition) is 2. The van der Waals surface area contributed by atoms with E-state index in [1.165, 1.54) is 31.4 Å². The van der Waals surface area contributed by atoms with Crippen molar-refractivity contribution in [1.29, 1.82) is 0 Å². The summed E-state index contributed by atoms with van der Waals surface area (Å²) in [5, 5.41) is 3.07. The van der Waals surface area contributed by atoms with Crippen LogP contribution in [0.5, 0.6) is 0 Å². The highest BCUT2D eigenvalue weighted by molar-refractivity contribution is 5.94. The first-order chi connectivity index (χ1) is 13.7. The van der Waals surface area contributed by atoms with Crippen LogP contribution in [0.3, 0.4) is 0 Å². The molecule has 1 aromatic rings. The van der Waals surface area contributed by atoms with Crippen LogP contribution in [0, 0.1) is 5.92 Å². The van der Waals surface area contributed by atoms with Gasteiger partial charge in [0.15, 0.2) is 0 Å². The predicted molar refractivity (Wildman–Crippen MR) is 106 cm³/mol. The summed E-state index contributed by atoms with van der Waals surface area (Å²) in [7, 11) is 0. The van der Waals surface area contributed by atoms with E-state index in [0.29, 0.717) is 25.9 Å². The van der Waals surface area contributed by atoms with Crippen molar-refractivity contribution in [2.75, 3.05) is 13.1 Å². The zero-order chi connectivity index (χ0) is 21.4. The van der Waals surface area contributed by atoms with Crippen molar-refractivity contribution in [3.05, 3.63) is 35.4 Å². The highest BCUT2D eigenvalue weighted by Gasteiger charge is 2.31. The van der Waals surface area contributed by atoms with Crippen molar-refractivity contribution < 1.29 is 22.8 Å². The summed E-state index contributed by atoms with van der Waals surface area (Å²) in [6.07, 6.45) is 2.38. The second-order valence-electron chi connectivity index (χ2n) is 7.90. The van der Waals surface area contributed by atoms with Gasteiger partial charge in [0.2, 0.25) is 5.91 Å². The maximum absolute atomic E-state index is 12.7. The minimum absolute atomic E-state index is 0.0367. The molecule has 1 unspecified atom stereocenters. The zero-order valence-electron chi connectivity index (χ0n) is 17.2. The van der Waals surface area contributed by atoms with Crippen molar-refractivity contribution in [2.45, 2.75) is 71.0 Å². The molecule has 1 atom stereocenters. The Morgan fingerprint density at radius 1 is 1.10 bits per heavy atom. The van der Waals surface area contributed by atoms with Crippen LogP contribution in [-0.4, -0.2) is 35.8 Å². The molecule has 1 aliphatic rings. The first-order valence-corrected chi connectivity index (χ1v) is 10.5. The molecule has 0 radical (unpaired) electrons. The van der Waals surface area contributed by atoms with E-state index in [9.17, 15) is 22.8 Å². The molecule has 0 aromatic heterocycles. The Kier molecular flexibility index (Phi) is 8.53. The molecule has 0 spiro atoms. The van der Waals surface area contributed by atoms with E-state index in [0.717, 1.165) is 25.0 Å². The molecular formula is C22H31F3N2O2. The third-order valence-corrected chi connectivity index (χ3v) is 5.49. The van der Waals surface area contributed by atoms with Crippen LogP contribution in [0.4, 0.5) is 13.2 Å². The van der Waals surface area contributed by atoms with Crippen LogP contribution >= 0.6 is 0 Å². The summed E-state index contributed by atoms with van der Waals surface area (Å²) in [5.41, 5.74) is -0.533. The number of halogens is 3. The average molecular weight is 412 g/mol. The first-order valence-electron chi connectivity index (χ1n) is 10.5. The third-order valence-electron chi connectivity index (χ3n) is 5.49. The molecule has 162 valence electrons. The van der Waals surface area contributed by atoms with E-state index >= 15 is 0 Å². The molecule has 1 aromatic carbocycles. The number of carbonyl (C=O) groups is 2. The van der Waals surface area contributed by atoms with Gasteiger partial charge < -0.3 is 10.2 Å². The van der Waals surface area contributed by atoms with Gasteiger partial charge in [-0.25, -0.2) is 0 Å². The minimum atomic E-state index is -4.42. The summed E-state index contributed by atoms with van der Waals surface area (Å²) in [5.74, 6) is -0.374. The molecule has 2 amide bonds. The summed E-state index contributed by atoms with van der Waals surface area (Å²) in [6, 6.07) is 4.42. The van der Waals surface area contributed by atoms with Gasteiger partial charge in [-0.3, -0.25) is 9.59 Å². The first kappa shape index (κ1) is 23.2. The molecule has 1 fully saturated rings. The topological polar surface area (TPSA) is 49.4 Å². The predicted octanol–water partition coefficient (Wildman–Crippen LogP) is 5.03. The Morgan fingerprint density at radius 3 is 2.28 bits per heavy atom. The van der Waals surface area contributed by atoms with Gasteiger partial charge in [0, 0.05) is 30.6 Å². The van der Waals surface area contributed by atoms with Crippen LogP contribution < -0.4 is 5.32 Å². The molecule has 1 N–H and O–H groups in total. The lowest BCUT2D eigenvalue weighted by Crippen LogP contribution is -2.44. The van der Waals surface area contributed by atoms with Gasteiger partial charge in [-0.2, -0.15) is 13.2 Å². The number of likely N-dealkylation sites (tertiary alicyclic amines) is 1. The van der Waals surface area contributed by atoms with E-state index in [2.05, 4.69) is 12.2 Å². The Hall–Kier alpha value is -2.05. The van der Waals surface area contributed by atoms with Gasteiger partial charge in [-0.05, 0) is 50.5 Å². The number of nitrogens with zero attached hydrogens (tertiary/aromatic N) is 1. The summed E-state index contributed by atoms with van der Waals surface area (Å²) >= 11 is 0. The summed E-state index contributed by atoms with van der Waals surface area (Å²) in [6.45, 7) is 5.05. The van der Waals surface area contributed by atoms with Gasteiger partial charge in [-0.1, -0.05) is 32.6 Å². The molecule has 2 rings (SSSR count).